The molecule has 2 N–H and O–H groups in total. The first-order valence-electron chi connectivity index (χ1n) is 6.15. The lowest BCUT2D eigenvalue weighted by Gasteiger charge is -2.07. The van der Waals surface area contributed by atoms with Gasteiger partial charge in [-0.15, -0.1) is 0 Å². The molecule has 1 rings (SSSR count). The van der Waals surface area contributed by atoms with Gasteiger partial charge in [0.1, 0.15) is 0 Å². The van der Waals surface area contributed by atoms with Gasteiger partial charge in [-0.05, 0) is 37.1 Å². The van der Waals surface area contributed by atoms with Crippen LogP contribution in [0.1, 0.15) is 21.5 Å². The average molecular weight is 278 g/mol. The number of esters is 1. The maximum absolute atomic E-state index is 11.7. The van der Waals surface area contributed by atoms with Gasteiger partial charge < -0.3 is 15.4 Å². The second-order valence-corrected chi connectivity index (χ2v) is 4.33. The Hall–Kier alpha value is -2.37. The summed E-state index contributed by atoms with van der Waals surface area (Å²) in [6, 6.07) is 5.17. The van der Waals surface area contributed by atoms with Crippen LogP contribution < -0.4 is 10.6 Å². The lowest BCUT2D eigenvalue weighted by molar-refractivity contribution is -0.127. The lowest BCUT2D eigenvalue weighted by Crippen LogP contribution is -2.37. The molecule has 0 aromatic heterocycles. The van der Waals surface area contributed by atoms with E-state index in [1.54, 1.807) is 12.1 Å². The number of hydrogen-bond acceptors (Lipinski definition) is 4. The maximum atomic E-state index is 11.7. The van der Waals surface area contributed by atoms with Crippen molar-refractivity contribution in [1.29, 1.82) is 0 Å². The molecule has 0 aliphatic heterocycles. The maximum Gasteiger partial charge on any atom is 0.338 e. The molecule has 0 atom stereocenters. The standard InChI is InChI=1S/C14H18N2O4/c1-9-4-5-11(6-10(9)2)14(19)20-8-13(18)16-7-12(17)15-3/h4-6H,7-8H2,1-3H3,(H,15,17)(H,16,18). The molecule has 108 valence electrons. The van der Waals surface area contributed by atoms with Gasteiger partial charge in [0.05, 0.1) is 12.1 Å². The topological polar surface area (TPSA) is 84.5 Å². The first kappa shape index (κ1) is 15.7. The molecule has 0 heterocycles. The van der Waals surface area contributed by atoms with Crippen molar-refractivity contribution in [3.8, 4) is 0 Å². The molecule has 1 aromatic carbocycles. The molecule has 0 bridgehead atoms. The number of nitrogens with one attached hydrogen (secondary N) is 2. The van der Waals surface area contributed by atoms with Crippen molar-refractivity contribution in [3.63, 3.8) is 0 Å². The van der Waals surface area contributed by atoms with Crippen molar-refractivity contribution in [1.82, 2.24) is 10.6 Å². The minimum absolute atomic E-state index is 0.142. The largest absolute Gasteiger partial charge is 0.452 e. The number of likely N-dealkylation sites (N-methyl/N-ethyl adjacent to an activating group) is 1. The molecule has 2 amide bonds. The van der Waals surface area contributed by atoms with E-state index in [-0.39, 0.29) is 12.5 Å². The van der Waals surface area contributed by atoms with Gasteiger partial charge >= 0.3 is 5.97 Å². The van der Waals surface area contributed by atoms with Crippen LogP contribution in [0.3, 0.4) is 0 Å². The van der Waals surface area contributed by atoms with E-state index >= 15 is 0 Å². The number of rotatable bonds is 5. The Morgan fingerprint density at radius 2 is 1.80 bits per heavy atom. The van der Waals surface area contributed by atoms with Crippen LogP contribution >= 0.6 is 0 Å². The fourth-order valence-corrected chi connectivity index (χ4v) is 1.40. The molecule has 0 saturated carbocycles. The Kier molecular flexibility index (Phi) is 5.71. The molecule has 20 heavy (non-hydrogen) atoms. The van der Waals surface area contributed by atoms with Crippen molar-refractivity contribution < 1.29 is 19.1 Å². The summed E-state index contributed by atoms with van der Waals surface area (Å²) in [5.74, 6) is -1.41. The minimum Gasteiger partial charge on any atom is -0.452 e. The number of aryl methyl sites for hydroxylation is 2. The Morgan fingerprint density at radius 3 is 2.40 bits per heavy atom. The predicted octanol–water partition coefficient (Wildman–Crippen LogP) is 0.322. The van der Waals surface area contributed by atoms with E-state index in [2.05, 4.69) is 10.6 Å². The van der Waals surface area contributed by atoms with Crippen LogP contribution in [-0.2, 0) is 14.3 Å². The molecule has 1 aromatic rings. The van der Waals surface area contributed by atoms with E-state index in [4.69, 9.17) is 4.74 Å². The number of benzene rings is 1. The monoisotopic (exact) mass is 278 g/mol. The van der Waals surface area contributed by atoms with Crippen molar-refractivity contribution in [2.24, 2.45) is 0 Å². The molecule has 6 nitrogen and oxygen atoms in total. The van der Waals surface area contributed by atoms with Crippen LogP contribution in [0.25, 0.3) is 0 Å². The van der Waals surface area contributed by atoms with Gasteiger partial charge in [-0.25, -0.2) is 4.79 Å². The zero-order valence-electron chi connectivity index (χ0n) is 11.8. The number of carbonyl (C=O) groups is 3. The van der Waals surface area contributed by atoms with Crippen LogP contribution in [0.4, 0.5) is 0 Å². The van der Waals surface area contributed by atoms with Crippen molar-refractivity contribution in [3.05, 3.63) is 34.9 Å². The molecule has 0 fully saturated rings. The van der Waals surface area contributed by atoms with Crippen LogP contribution in [0.5, 0.6) is 0 Å². The third kappa shape index (κ3) is 4.72. The number of hydrogen-bond donors (Lipinski definition) is 2. The summed E-state index contributed by atoms with van der Waals surface area (Å²) in [6.45, 7) is 3.28. The van der Waals surface area contributed by atoms with Crippen LogP contribution in [0.15, 0.2) is 18.2 Å². The highest BCUT2D eigenvalue weighted by atomic mass is 16.5. The van der Waals surface area contributed by atoms with Crippen LogP contribution in [0, 0.1) is 13.8 Å². The van der Waals surface area contributed by atoms with Gasteiger partial charge in [0, 0.05) is 7.05 Å². The van der Waals surface area contributed by atoms with E-state index in [9.17, 15) is 14.4 Å². The van der Waals surface area contributed by atoms with E-state index in [0.717, 1.165) is 11.1 Å². The van der Waals surface area contributed by atoms with Gasteiger partial charge in [0.15, 0.2) is 6.61 Å². The first-order valence-corrected chi connectivity index (χ1v) is 6.15. The third-order valence-electron chi connectivity index (χ3n) is 2.80. The molecule has 0 aliphatic rings. The number of ether oxygens (including phenoxy) is 1. The van der Waals surface area contributed by atoms with Crippen molar-refractivity contribution in [2.75, 3.05) is 20.2 Å². The van der Waals surface area contributed by atoms with Gasteiger partial charge in [-0.2, -0.15) is 0 Å². The highest BCUT2D eigenvalue weighted by molar-refractivity contribution is 5.92. The molecular formula is C14H18N2O4. The zero-order valence-corrected chi connectivity index (χ0v) is 11.8. The fourth-order valence-electron chi connectivity index (χ4n) is 1.40. The lowest BCUT2D eigenvalue weighted by atomic mass is 10.1. The normalized spacial score (nSPS) is 9.75. The molecule has 0 spiro atoms. The summed E-state index contributed by atoms with van der Waals surface area (Å²) < 4.78 is 4.87. The zero-order chi connectivity index (χ0) is 15.1. The molecular weight excluding hydrogens is 260 g/mol. The van der Waals surface area contributed by atoms with Gasteiger partial charge in [0.2, 0.25) is 5.91 Å². The highest BCUT2D eigenvalue weighted by Crippen LogP contribution is 2.10. The number of carbonyl (C=O) groups excluding carboxylic acids is 3. The molecule has 6 heteroatoms. The Morgan fingerprint density at radius 1 is 1.10 bits per heavy atom. The Balaban J connectivity index is 2.44. The summed E-state index contributed by atoms with van der Waals surface area (Å²) in [4.78, 5) is 34.0. The van der Waals surface area contributed by atoms with Gasteiger partial charge in [-0.1, -0.05) is 6.07 Å². The molecule has 0 radical (unpaired) electrons. The minimum atomic E-state index is -0.566. The molecule has 0 saturated heterocycles. The summed E-state index contributed by atoms with van der Waals surface area (Å²) in [6.07, 6.45) is 0. The van der Waals surface area contributed by atoms with Crippen LogP contribution in [0.2, 0.25) is 0 Å². The van der Waals surface area contributed by atoms with Gasteiger partial charge in [-0.3, -0.25) is 9.59 Å². The predicted molar refractivity (Wildman–Crippen MR) is 73.3 cm³/mol. The molecule has 0 aliphatic carbocycles. The van der Waals surface area contributed by atoms with Gasteiger partial charge in [0.25, 0.3) is 5.91 Å². The van der Waals surface area contributed by atoms with Crippen LogP contribution in [-0.4, -0.2) is 38.0 Å². The van der Waals surface area contributed by atoms with E-state index < -0.39 is 18.5 Å². The van der Waals surface area contributed by atoms with E-state index in [1.165, 1.54) is 7.05 Å². The summed E-state index contributed by atoms with van der Waals surface area (Å²) in [5.41, 5.74) is 2.44. The Labute approximate surface area is 117 Å². The van der Waals surface area contributed by atoms with Crippen molar-refractivity contribution >= 4 is 17.8 Å². The smallest absolute Gasteiger partial charge is 0.338 e. The summed E-state index contributed by atoms with van der Waals surface area (Å²) in [7, 11) is 1.47. The SMILES string of the molecule is CNC(=O)CNC(=O)COC(=O)c1ccc(C)c(C)c1. The summed E-state index contributed by atoms with van der Waals surface area (Å²) >= 11 is 0. The fraction of sp³-hybridized carbons (Fsp3) is 0.357. The first-order chi connectivity index (χ1) is 9.43. The Bertz CT molecular complexity index is 526. The summed E-state index contributed by atoms with van der Waals surface area (Å²) in [5, 5.41) is 4.69. The number of amides is 2. The molecule has 0 unspecified atom stereocenters. The van der Waals surface area contributed by atoms with E-state index in [1.807, 2.05) is 19.9 Å². The quantitative estimate of drug-likeness (QED) is 0.760. The highest BCUT2D eigenvalue weighted by Gasteiger charge is 2.11. The second kappa shape index (κ2) is 7.28. The average Bonchev–Trinajstić information content (AvgIpc) is 2.44. The second-order valence-electron chi connectivity index (χ2n) is 4.33. The third-order valence-corrected chi connectivity index (χ3v) is 2.80. The van der Waals surface area contributed by atoms with E-state index in [0.29, 0.717) is 5.56 Å². The van der Waals surface area contributed by atoms with Crippen molar-refractivity contribution in [2.45, 2.75) is 13.8 Å².